The third-order valence-electron chi connectivity index (χ3n) is 3.37. The van der Waals surface area contributed by atoms with Crippen molar-refractivity contribution in [2.45, 2.75) is 34.1 Å². The maximum absolute atomic E-state index is 11.8. The predicted molar refractivity (Wildman–Crippen MR) is 86.0 cm³/mol. The van der Waals surface area contributed by atoms with Crippen molar-refractivity contribution >= 4 is 17.6 Å². The molecule has 0 aliphatic heterocycles. The van der Waals surface area contributed by atoms with Gasteiger partial charge in [0.05, 0.1) is 19.6 Å². The normalized spacial score (nSPS) is 10.2. The van der Waals surface area contributed by atoms with Crippen molar-refractivity contribution in [1.29, 1.82) is 0 Å². The summed E-state index contributed by atoms with van der Waals surface area (Å²) in [5.41, 5.74) is 3.23. The van der Waals surface area contributed by atoms with Gasteiger partial charge in [-0.2, -0.15) is 0 Å². The van der Waals surface area contributed by atoms with Crippen LogP contribution in [0.3, 0.4) is 0 Å². The van der Waals surface area contributed by atoms with Crippen LogP contribution < -0.4 is 4.90 Å². The Balaban J connectivity index is 2.82. The molecule has 0 bridgehead atoms. The maximum atomic E-state index is 11.8. The molecule has 0 heterocycles. The smallest absolute Gasteiger partial charge is 0.325 e. The number of rotatable bonds is 8. The van der Waals surface area contributed by atoms with Gasteiger partial charge in [-0.3, -0.25) is 9.59 Å². The highest BCUT2D eigenvalue weighted by molar-refractivity contribution is 5.77. The second-order valence-electron chi connectivity index (χ2n) is 5.05. The molecule has 5 nitrogen and oxygen atoms in total. The van der Waals surface area contributed by atoms with E-state index in [-0.39, 0.29) is 24.9 Å². The molecule has 0 saturated heterocycles. The minimum atomic E-state index is -0.301. The number of aryl methyl sites for hydroxylation is 2. The standard InChI is InChI=1S/C17H25NO4/c1-5-21-16(19)9-10-18(12-17(20)22-6-2)15-8-7-13(3)14(4)11-15/h7-8,11H,5-6,9-10,12H2,1-4H3. The van der Waals surface area contributed by atoms with Gasteiger partial charge in [0, 0.05) is 12.2 Å². The molecule has 1 aromatic carbocycles. The number of ether oxygens (including phenoxy) is 2. The minimum Gasteiger partial charge on any atom is -0.466 e. The van der Waals surface area contributed by atoms with Gasteiger partial charge in [-0.25, -0.2) is 0 Å². The Hall–Kier alpha value is -2.04. The predicted octanol–water partition coefficient (Wildman–Crippen LogP) is 2.63. The Morgan fingerprint density at radius 2 is 1.64 bits per heavy atom. The molecule has 0 spiro atoms. The SMILES string of the molecule is CCOC(=O)CCN(CC(=O)OCC)c1ccc(C)c(C)c1. The molecule has 0 fully saturated rings. The Bertz CT molecular complexity index is 513. The number of hydrogen-bond acceptors (Lipinski definition) is 5. The Kier molecular flexibility index (Phi) is 7.43. The zero-order valence-corrected chi connectivity index (χ0v) is 13.8. The molecule has 0 aromatic heterocycles. The summed E-state index contributed by atoms with van der Waals surface area (Å²) in [6.45, 7) is 8.85. The third kappa shape index (κ3) is 5.76. The molecule has 1 rings (SSSR count). The van der Waals surface area contributed by atoms with E-state index in [9.17, 15) is 9.59 Å². The first-order valence-electron chi connectivity index (χ1n) is 7.61. The number of carbonyl (C=O) groups is 2. The van der Waals surface area contributed by atoms with Crippen LogP contribution in [-0.2, 0) is 19.1 Å². The Morgan fingerprint density at radius 1 is 1.00 bits per heavy atom. The molecule has 0 aliphatic carbocycles. The van der Waals surface area contributed by atoms with Crippen LogP contribution in [0.5, 0.6) is 0 Å². The van der Waals surface area contributed by atoms with Crippen LogP contribution in [0.1, 0.15) is 31.4 Å². The van der Waals surface area contributed by atoms with Gasteiger partial charge in [0.15, 0.2) is 0 Å². The van der Waals surface area contributed by atoms with Crippen molar-refractivity contribution in [2.75, 3.05) is 31.2 Å². The van der Waals surface area contributed by atoms with E-state index in [1.807, 2.05) is 36.9 Å². The van der Waals surface area contributed by atoms with Gasteiger partial charge in [0.1, 0.15) is 6.54 Å². The zero-order valence-electron chi connectivity index (χ0n) is 13.8. The molecular formula is C17H25NO4. The second kappa shape index (κ2) is 9.07. The lowest BCUT2D eigenvalue weighted by molar-refractivity contribution is -0.144. The average Bonchev–Trinajstić information content (AvgIpc) is 2.47. The van der Waals surface area contributed by atoms with Crippen LogP contribution in [-0.4, -0.2) is 38.2 Å². The molecule has 122 valence electrons. The molecule has 22 heavy (non-hydrogen) atoms. The summed E-state index contributed by atoms with van der Waals surface area (Å²) >= 11 is 0. The van der Waals surface area contributed by atoms with E-state index in [1.54, 1.807) is 13.8 Å². The molecule has 0 amide bonds. The highest BCUT2D eigenvalue weighted by Gasteiger charge is 2.15. The van der Waals surface area contributed by atoms with E-state index >= 15 is 0 Å². The van der Waals surface area contributed by atoms with Crippen molar-refractivity contribution in [3.8, 4) is 0 Å². The molecule has 0 aliphatic rings. The Morgan fingerprint density at radius 3 is 2.23 bits per heavy atom. The fourth-order valence-electron chi connectivity index (χ4n) is 2.04. The monoisotopic (exact) mass is 307 g/mol. The van der Waals surface area contributed by atoms with Gasteiger partial charge in [-0.15, -0.1) is 0 Å². The first kappa shape index (κ1) is 18.0. The number of nitrogens with zero attached hydrogens (tertiary/aromatic N) is 1. The van der Waals surface area contributed by atoms with Gasteiger partial charge in [0.2, 0.25) is 0 Å². The molecular weight excluding hydrogens is 282 g/mol. The summed E-state index contributed by atoms with van der Waals surface area (Å²) in [4.78, 5) is 25.2. The van der Waals surface area contributed by atoms with E-state index in [0.717, 1.165) is 11.3 Å². The fourth-order valence-corrected chi connectivity index (χ4v) is 2.04. The fraction of sp³-hybridized carbons (Fsp3) is 0.529. The van der Waals surface area contributed by atoms with E-state index < -0.39 is 0 Å². The first-order chi connectivity index (χ1) is 10.5. The van der Waals surface area contributed by atoms with Crippen LogP contribution in [0, 0.1) is 13.8 Å². The molecule has 0 saturated carbocycles. The van der Waals surface area contributed by atoms with E-state index in [1.165, 1.54) is 5.56 Å². The van der Waals surface area contributed by atoms with Gasteiger partial charge >= 0.3 is 11.9 Å². The minimum absolute atomic E-state index is 0.121. The van der Waals surface area contributed by atoms with Crippen molar-refractivity contribution in [3.63, 3.8) is 0 Å². The molecule has 5 heteroatoms. The van der Waals surface area contributed by atoms with Gasteiger partial charge in [-0.05, 0) is 51.0 Å². The van der Waals surface area contributed by atoms with E-state index in [0.29, 0.717) is 19.8 Å². The van der Waals surface area contributed by atoms with Crippen LogP contribution in [0.2, 0.25) is 0 Å². The first-order valence-corrected chi connectivity index (χ1v) is 7.61. The van der Waals surface area contributed by atoms with Crippen molar-refractivity contribution in [3.05, 3.63) is 29.3 Å². The summed E-state index contributed by atoms with van der Waals surface area (Å²) in [5.74, 6) is -0.565. The van der Waals surface area contributed by atoms with Crippen LogP contribution in [0.25, 0.3) is 0 Å². The molecule has 0 radical (unpaired) electrons. The number of benzene rings is 1. The maximum Gasteiger partial charge on any atom is 0.325 e. The largest absolute Gasteiger partial charge is 0.466 e. The number of hydrogen-bond donors (Lipinski definition) is 0. The molecule has 1 aromatic rings. The topological polar surface area (TPSA) is 55.8 Å². The van der Waals surface area contributed by atoms with E-state index in [4.69, 9.17) is 9.47 Å². The summed E-state index contributed by atoms with van der Waals surface area (Å²) < 4.78 is 9.95. The lowest BCUT2D eigenvalue weighted by Gasteiger charge is -2.24. The Labute approximate surface area is 132 Å². The lowest BCUT2D eigenvalue weighted by atomic mass is 10.1. The average molecular weight is 307 g/mol. The third-order valence-corrected chi connectivity index (χ3v) is 3.37. The highest BCUT2D eigenvalue weighted by Crippen LogP contribution is 2.19. The number of carbonyl (C=O) groups excluding carboxylic acids is 2. The lowest BCUT2D eigenvalue weighted by Crippen LogP contribution is -2.33. The molecule has 0 unspecified atom stereocenters. The highest BCUT2D eigenvalue weighted by atomic mass is 16.5. The van der Waals surface area contributed by atoms with Gasteiger partial charge < -0.3 is 14.4 Å². The second-order valence-corrected chi connectivity index (χ2v) is 5.05. The van der Waals surface area contributed by atoms with Crippen molar-refractivity contribution in [2.24, 2.45) is 0 Å². The van der Waals surface area contributed by atoms with Gasteiger partial charge in [0.25, 0.3) is 0 Å². The number of anilines is 1. The molecule has 0 atom stereocenters. The zero-order chi connectivity index (χ0) is 16.5. The summed E-state index contributed by atoms with van der Waals surface area (Å²) in [6, 6.07) is 5.97. The molecule has 0 N–H and O–H groups in total. The van der Waals surface area contributed by atoms with Crippen molar-refractivity contribution in [1.82, 2.24) is 0 Å². The van der Waals surface area contributed by atoms with Crippen LogP contribution >= 0.6 is 0 Å². The van der Waals surface area contributed by atoms with E-state index in [2.05, 4.69) is 0 Å². The van der Waals surface area contributed by atoms with Crippen molar-refractivity contribution < 1.29 is 19.1 Å². The summed E-state index contributed by atoms with van der Waals surface area (Å²) in [5, 5.41) is 0. The van der Waals surface area contributed by atoms with Crippen LogP contribution in [0.4, 0.5) is 5.69 Å². The summed E-state index contributed by atoms with van der Waals surface area (Å²) in [7, 11) is 0. The number of esters is 2. The van der Waals surface area contributed by atoms with Crippen LogP contribution in [0.15, 0.2) is 18.2 Å². The quantitative estimate of drug-likeness (QED) is 0.691. The van der Waals surface area contributed by atoms with Gasteiger partial charge in [-0.1, -0.05) is 6.07 Å². The summed E-state index contributed by atoms with van der Waals surface area (Å²) in [6.07, 6.45) is 0.236.